The highest BCUT2D eigenvalue weighted by molar-refractivity contribution is 5.87. The van der Waals surface area contributed by atoms with Gasteiger partial charge in [-0.1, -0.05) is 72.1 Å². The number of hydrogen-bond acceptors (Lipinski definition) is 22. The van der Waals surface area contributed by atoms with E-state index in [0.29, 0.717) is 12.3 Å². The first kappa shape index (κ1) is 65.4. The summed E-state index contributed by atoms with van der Waals surface area (Å²) in [6.45, 7) is 7.54. The van der Waals surface area contributed by atoms with Crippen LogP contribution in [0.2, 0.25) is 0 Å². The van der Waals surface area contributed by atoms with Gasteiger partial charge in [0.1, 0.15) is 73.2 Å². The fraction of sp³-hybridized carbons (Fsp3) is 0.830. The summed E-state index contributed by atoms with van der Waals surface area (Å²) in [6.07, 6.45) is -12.6. The number of carbonyl (C=O) groups is 5. The topological polar surface area (TPSA) is 363 Å². The highest BCUT2D eigenvalue weighted by Crippen LogP contribution is 2.39. The van der Waals surface area contributed by atoms with Crippen molar-refractivity contribution in [1.29, 1.82) is 0 Å². The van der Waals surface area contributed by atoms with E-state index in [4.69, 9.17) is 53.1 Å². The van der Waals surface area contributed by atoms with Crippen molar-refractivity contribution < 1.29 is 96.9 Å². The third-order valence-corrected chi connectivity index (χ3v) is 15.3. The molecule has 450 valence electrons. The highest BCUT2D eigenvalue weighted by Gasteiger charge is 2.56. The first-order chi connectivity index (χ1) is 37.5. The van der Waals surface area contributed by atoms with Gasteiger partial charge in [0.05, 0.1) is 18.4 Å². The Labute approximate surface area is 459 Å². The van der Waals surface area contributed by atoms with Crippen molar-refractivity contribution in [3.8, 4) is 0 Å². The maximum atomic E-state index is 14.6. The van der Waals surface area contributed by atoms with E-state index in [0.717, 1.165) is 67.3 Å². The Hall–Kier alpha value is -4.45. The molecule has 5 rings (SSSR count). The number of carboxylic acid groups (broad SMARTS) is 1. The number of unbranched alkanes of at least 4 members (excludes halogenated alkanes) is 7. The minimum Gasteiger partial charge on any atom is -0.480 e. The lowest BCUT2D eigenvalue weighted by molar-refractivity contribution is -0.297. The molecule has 1 aromatic heterocycles. The summed E-state index contributed by atoms with van der Waals surface area (Å²) in [7, 11) is 5.55. The number of aliphatic carboxylic acids is 1. The van der Waals surface area contributed by atoms with Gasteiger partial charge in [-0.3, -0.25) is 33.5 Å². The number of carbonyl (C=O) groups excluding carboxylic acids is 4. The van der Waals surface area contributed by atoms with Crippen LogP contribution in [0.5, 0.6) is 0 Å². The van der Waals surface area contributed by atoms with Crippen LogP contribution in [0, 0.1) is 17.8 Å². The van der Waals surface area contributed by atoms with Crippen molar-refractivity contribution in [2.24, 2.45) is 23.5 Å². The van der Waals surface area contributed by atoms with E-state index in [-0.39, 0.29) is 38.6 Å². The van der Waals surface area contributed by atoms with Crippen LogP contribution in [0.15, 0.2) is 21.9 Å². The van der Waals surface area contributed by atoms with E-state index in [1.54, 1.807) is 13.8 Å². The number of nitrogens with zero attached hydrogens (tertiary/aromatic N) is 2. The number of esters is 3. The predicted molar refractivity (Wildman–Crippen MR) is 275 cm³/mol. The zero-order chi connectivity index (χ0) is 58.2. The molecule has 0 bridgehead atoms. The monoisotopic (exact) mass is 1130 g/mol. The molecular weight excluding hydrogens is 1040 g/mol. The average molecular weight is 1130 g/mol. The number of nitrogens with one attached hydrogen (secondary N) is 1. The molecule has 4 aliphatic heterocycles. The number of aliphatic hydroxyl groups is 4. The summed E-state index contributed by atoms with van der Waals surface area (Å²) in [6, 6.07) is -0.838. The summed E-state index contributed by atoms with van der Waals surface area (Å²) in [5.74, 6) is -6.26. The van der Waals surface area contributed by atoms with Crippen molar-refractivity contribution in [3.05, 3.63) is 33.1 Å². The number of carboxylic acids is 1. The zero-order valence-corrected chi connectivity index (χ0v) is 46.7. The molecule has 1 aromatic rings. The Morgan fingerprint density at radius 1 is 0.734 bits per heavy atom. The van der Waals surface area contributed by atoms with Gasteiger partial charge in [0.2, 0.25) is 12.2 Å². The molecule has 4 aliphatic rings. The first-order valence-corrected chi connectivity index (χ1v) is 27.6. The smallest absolute Gasteiger partial charge is 0.330 e. The number of hydrogen-bond donors (Lipinski definition) is 7. The Kier molecular flexibility index (Phi) is 25.7. The van der Waals surface area contributed by atoms with Gasteiger partial charge in [-0.15, -0.1) is 0 Å². The van der Waals surface area contributed by atoms with Gasteiger partial charge in [-0.05, 0) is 44.4 Å². The van der Waals surface area contributed by atoms with Gasteiger partial charge < -0.3 is 83.5 Å². The van der Waals surface area contributed by atoms with Gasteiger partial charge in [0, 0.05) is 60.0 Å². The highest BCUT2D eigenvalue weighted by atomic mass is 16.7. The third-order valence-electron chi connectivity index (χ3n) is 15.3. The van der Waals surface area contributed by atoms with Crippen LogP contribution in [0.4, 0.5) is 0 Å². The van der Waals surface area contributed by atoms with E-state index in [2.05, 4.69) is 13.8 Å². The van der Waals surface area contributed by atoms with Gasteiger partial charge in [-0.25, -0.2) is 9.59 Å². The number of ether oxygens (including phenoxy) is 10. The van der Waals surface area contributed by atoms with Crippen LogP contribution < -0.4 is 17.0 Å². The minimum absolute atomic E-state index is 0.209. The molecule has 19 atom stereocenters. The Balaban J connectivity index is 1.30. The van der Waals surface area contributed by atoms with Crippen molar-refractivity contribution in [1.82, 2.24) is 14.5 Å². The molecule has 4 saturated heterocycles. The van der Waals surface area contributed by atoms with Crippen LogP contribution in [-0.4, -0.2) is 203 Å². The third kappa shape index (κ3) is 17.5. The zero-order valence-electron chi connectivity index (χ0n) is 46.7. The molecule has 15 unspecified atom stereocenters. The van der Waals surface area contributed by atoms with Crippen LogP contribution in [0.1, 0.15) is 130 Å². The Morgan fingerprint density at radius 2 is 1.34 bits per heavy atom. The van der Waals surface area contributed by atoms with Gasteiger partial charge in [0.25, 0.3) is 5.56 Å². The van der Waals surface area contributed by atoms with E-state index in [9.17, 15) is 59.1 Å². The molecule has 8 N–H and O–H groups in total. The Morgan fingerprint density at radius 3 is 1.92 bits per heavy atom. The predicted octanol–water partition coefficient (Wildman–Crippen LogP) is 0.788. The maximum Gasteiger partial charge on any atom is 0.330 e. The molecule has 26 heteroatoms. The van der Waals surface area contributed by atoms with Gasteiger partial charge in [-0.2, -0.15) is 0 Å². The number of methoxy groups -OCH3 is 3. The normalized spacial score (nSPS) is 32.3. The molecule has 26 nitrogen and oxygen atoms in total. The maximum absolute atomic E-state index is 14.6. The molecule has 0 aliphatic carbocycles. The SMILES string of the molecule is COC1C(C)OC(OC(=O)CC(C)CC(=O)OC(CCCCCCCCCCC(C)C)CC(=O)O[C@H]2CC[C@@H]([C@H](OC3OC(CN)C(O)C3O)C3OC(n4ccc(=O)[nH]c4=O)C(O)C3O)C(=O)N(C)[C@@H]2C(=O)O)C(OC)C1OC. The number of likely N-dealkylation sites (N-methyl/N-ethyl adjacent to an activating group) is 1. The fourth-order valence-electron chi connectivity index (χ4n) is 11.0. The molecule has 79 heavy (non-hydrogen) atoms. The summed E-state index contributed by atoms with van der Waals surface area (Å²) >= 11 is 0. The lowest BCUT2D eigenvalue weighted by Gasteiger charge is -2.43. The van der Waals surface area contributed by atoms with E-state index in [1.165, 1.54) is 34.2 Å². The second kappa shape index (κ2) is 31.1. The van der Waals surface area contributed by atoms with Crippen molar-refractivity contribution in [3.63, 3.8) is 0 Å². The van der Waals surface area contributed by atoms with Crippen molar-refractivity contribution >= 4 is 29.8 Å². The second-order valence-electron chi connectivity index (χ2n) is 21.7. The lowest BCUT2D eigenvalue weighted by atomic mass is 9.89. The second-order valence-corrected chi connectivity index (χ2v) is 21.7. The molecule has 4 fully saturated rings. The van der Waals surface area contributed by atoms with Crippen molar-refractivity contribution in [2.75, 3.05) is 34.9 Å². The minimum atomic E-state index is -1.93. The van der Waals surface area contributed by atoms with E-state index >= 15 is 0 Å². The van der Waals surface area contributed by atoms with Gasteiger partial charge >= 0.3 is 29.6 Å². The number of aromatic amines is 1. The van der Waals surface area contributed by atoms with Crippen LogP contribution in [0.3, 0.4) is 0 Å². The molecule has 0 spiro atoms. The Bertz CT molecular complexity index is 2230. The summed E-state index contributed by atoms with van der Waals surface area (Å²) in [5, 5.41) is 54.9. The molecular formula is C53H86N4O22. The first-order valence-electron chi connectivity index (χ1n) is 27.6. The molecule has 0 radical (unpaired) electrons. The number of amides is 1. The van der Waals surface area contributed by atoms with E-state index in [1.807, 2.05) is 4.98 Å². The quantitative estimate of drug-likeness (QED) is 0.0318. The number of nitrogens with two attached hydrogens (primary N) is 1. The molecule has 5 heterocycles. The number of aliphatic hydroxyl groups excluding tert-OH is 4. The number of rotatable bonds is 30. The van der Waals surface area contributed by atoms with E-state index < -0.39 is 163 Å². The molecule has 1 amide bonds. The summed E-state index contributed by atoms with van der Waals surface area (Å²) in [5.41, 5.74) is 3.95. The van der Waals surface area contributed by atoms with Crippen LogP contribution >= 0.6 is 0 Å². The molecule has 0 saturated carbocycles. The standard InChI is InChI=1S/C53H86N4O22/c1-27(2)17-15-13-11-9-10-12-14-16-18-30(74-35(59)23-28(3)24-36(60)77-52-47(72-8)46(71-7)43(70-6)29(4)73-52)25-37(61)75-32-20-19-31(48(66)56(5)38(32)50(67)68)44(79-51-42(65)39(62)33(26-54)76-51)45-40(63)41(64)49(78-45)57-22-21-34(58)55-53(57)69/h21-22,27-33,38-47,49,51-52,62-65H,9-20,23-26,54H2,1-8H3,(H,67,68)(H,55,58,69)/t28?,29?,30?,31-,32-,33?,38-,39?,40?,41?,42?,43?,44-,45?,46?,47?,49?,51?,52?/m0/s1. The van der Waals surface area contributed by atoms with Crippen LogP contribution in [-0.2, 0) is 71.3 Å². The van der Waals surface area contributed by atoms with Gasteiger partial charge in [0.15, 0.2) is 18.6 Å². The number of aromatic nitrogens is 2. The largest absolute Gasteiger partial charge is 0.480 e. The fourth-order valence-corrected chi connectivity index (χ4v) is 11.0. The average Bonchev–Trinajstić information content (AvgIpc) is 4.00. The lowest BCUT2D eigenvalue weighted by Crippen LogP contribution is -2.59. The molecule has 0 aromatic carbocycles. The number of H-pyrrole nitrogens is 1. The summed E-state index contributed by atoms with van der Waals surface area (Å²) < 4.78 is 58.7. The number of likely N-dealkylation sites (tertiary alicyclic amines) is 1. The van der Waals surface area contributed by atoms with Crippen molar-refractivity contribution in [2.45, 2.75) is 228 Å². The van der Waals surface area contributed by atoms with Crippen LogP contribution in [0.25, 0.3) is 0 Å². The summed E-state index contributed by atoms with van der Waals surface area (Å²) in [4.78, 5) is 95.9.